The summed E-state index contributed by atoms with van der Waals surface area (Å²) in [5.41, 5.74) is 2.43. The second-order valence-electron chi connectivity index (χ2n) is 8.26. The fourth-order valence-corrected chi connectivity index (χ4v) is 4.13. The highest BCUT2D eigenvalue weighted by Gasteiger charge is 2.18. The van der Waals surface area contributed by atoms with E-state index in [0.29, 0.717) is 16.2 Å². The Kier molecular flexibility index (Phi) is 5.37. The van der Waals surface area contributed by atoms with Crippen molar-refractivity contribution in [2.75, 3.05) is 10.6 Å². The summed E-state index contributed by atoms with van der Waals surface area (Å²) in [6.45, 7) is 7.37. The zero-order chi connectivity index (χ0) is 22.2. The maximum absolute atomic E-state index is 13.0. The number of aryl methyl sites for hydroxylation is 1. The zero-order valence-corrected chi connectivity index (χ0v) is 18.6. The number of hydrogen-bond acceptors (Lipinski definition) is 5. The lowest BCUT2D eigenvalue weighted by atomic mass is 10.0. The van der Waals surface area contributed by atoms with Gasteiger partial charge in [0.05, 0.1) is 15.9 Å². The molecule has 7 heteroatoms. The van der Waals surface area contributed by atoms with Crippen molar-refractivity contribution in [3.8, 4) is 0 Å². The van der Waals surface area contributed by atoms with E-state index in [9.17, 15) is 9.59 Å². The number of amides is 2. The first kappa shape index (κ1) is 20.8. The molecule has 31 heavy (non-hydrogen) atoms. The van der Waals surface area contributed by atoms with Crippen molar-refractivity contribution in [1.29, 1.82) is 0 Å². The van der Waals surface area contributed by atoms with E-state index in [-0.39, 0.29) is 5.91 Å². The van der Waals surface area contributed by atoms with Gasteiger partial charge in [-0.3, -0.25) is 10.1 Å². The monoisotopic (exact) mass is 433 g/mol. The van der Waals surface area contributed by atoms with Crippen LogP contribution in [0.1, 0.15) is 36.7 Å². The van der Waals surface area contributed by atoms with Crippen molar-refractivity contribution >= 4 is 55.1 Å². The number of aromatic nitrogens is 1. The summed E-state index contributed by atoms with van der Waals surface area (Å²) < 4.78 is 6.06. The van der Waals surface area contributed by atoms with Gasteiger partial charge in [-0.25, -0.2) is 9.78 Å². The van der Waals surface area contributed by atoms with Crippen LogP contribution in [-0.2, 0) is 4.74 Å². The lowest BCUT2D eigenvalue weighted by molar-refractivity contribution is 0.0635. The van der Waals surface area contributed by atoms with Crippen LogP contribution in [0.4, 0.5) is 15.6 Å². The van der Waals surface area contributed by atoms with Gasteiger partial charge in [-0.05, 0) is 56.8 Å². The van der Waals surface area contributed by atoms with Gasteiger partial charge < -0.3 is 10.1 Å². The predicted molar refractivity (Wildman–Crippen MR) is 126 cm³/mol. The Hall–Kier alpha value is -3.45. The number of hydrogen-bond donors (Lipinski definition) is 2. The highest BCUT2D eigenvalue weighted by Crippen LogP contribution is 2.30. The molecule has 4 rings (SSSR count). The molecule has 6 nitrogen and oxygen atoms in total. The standard InChI is InChI=1S/C24H23N3O3S/c1-14-9-10-15-7-5-6-8-17(15)20(14)26-21(28)16-11-12-18-19(13-16)31-22(25-18)27-23(29)30-24(2,3)4/h5-13H,1-4H3,(H,26,28)(H,25,27,29). The lowest BCUT2D eigenvalue weighted by Gasteiger charge is -2.18. The first-order valence-electron chi connectivity index (χ1n) is 9.90. The Morgan fingerprint density at radius 2 is 1.77 bits per heavy atom. The number of rotatable bonds is 3. The van der Waals surface area contributed by atoms with Gasteiger partial charge in [0.15, 0.2) is 5.13 Å². The van der Waals surface area contributed by atoms with Crippen LogP contribution in [0.3, 0.4) is 0 Å². The van der Waals surface area contributed by atoms with E-state index in [1.54, 1.807) is 39.0 Å². The van der Waals surface area contributed by atoms with Gasteiger partial charge in [-0.2, -0.15) is 0 Å². The molecular weight excluding hydrogens is 410 g/mol. The Morgan fingerprint density at radius 3 is 2.55 bits per heavy atom. The van der Waals surface area contributed by atoms with Crippen molar-refractivity contribution in [3.05, 3.63) is 65.7 Å². The zero-order valence-electron chi connectivity index (χ0n) is 17.8. The molecule has 0 spiro atoms. The van der Waals surface area contributed by atoms with Crippen LogP contribution >= 0.6 is 11.3 Å². The molecule has 0 saturated heterocycles. The van der Waals surface area contributed by atoms with Gasteiger partial charge in [0.25, 0.3) is 5.91 Å². The van der Waals surface area contributed by atoms with E-state index in [4.69, 9.17) is 4.74 Å². The minimum Gasteiger partial charge on any atom is -0.444 e. The number of nitrogens with zero attached hydrogens (tertiary/aromatic N) is 1. The fraction of sp³-hybridized carbons (Fsp3) is 0.208. The van der Waals surface area contributed by atoms with Crippen LogP contribution in [0, 0.1) is 6.92 Å². The van der Waals surface area contributed by atoms with E-state index < -0.39 is 11.7 Å². The van der Waals surface area contributed by atoms with Crippen LogP contribution in [0.2, 0.25) is 0 Å². The molecule has 0 atom stereocenters. The van der Waals surface area contributed by atoms with Crippen molar-refractivity contribution < 1.29 is 14.3 Å². The molecule has 0 aliphatic carbocycles. The number of fused-ring (bicyclic) bond motifs is 2. The minimum atomic E-state index is -0.592. The molecule has 3 aromatic carbocycles. The summed E-state index contributed by atoms with van der Waals surface area (Å²) >= 11 is 1.29. The molecule has 0 bridgehead atoms. The second-order valence-corrected chi connectivity index (χ2v) is 9.29. The van der Waals surface area contributed by atoms with Crippen molar-refractivity contribution in [1.82, 2.24) is 4.98 Å². The molecule has 1 aromatic heterocycles. The molecule has 0 radical (unpaired) electrons. The van der Waals surface area contributed by atoms with Crippen LogP contribution < -0.4 is 10.6 Å². The molecule has 2 N–H and O–H groups in total. The fourth-order valence-electron chi connectivity index (χ4n) is 3.24. The Labute approximate surface area is 184 Å². The number of thiazole rings is 1. The average molecular weight is 434 g/mol. The summed E-state index contributed by atoms with van der Waals surface area (Å²) in [6.07, 6.45) is -0.559. The van der Waals surface area contributed by atoms with E-state index in [2.05, 4.69) is 15.6 Å². The molecule has 2 amide bonds. The smallest absolute Gasteiger partial charge is 0.413 e. The third-order valence-electron chi connectivity index (χ3n) is 4.63. The quantitative estimate of drug-likeness (QED) is 0.394. The topological polar surface area (TPSA) is 80.3 Å². The van der Waals surface area contributed by atoms with Gasteiger partial charge >= 0.3 is 6.09 Å². The van der Waals surface area contributed by atoms with E-state index in [1.165, 1.54) is 11.3 Å². The first-order chi connectivity index (χ1) is 14.7. The first-order valence-corrected chi connectivity index (χ1v) is 10.7. The number of nitrogens with one attached hydrogen (secondary N) is 2. The van der Waals surface area contributed by atoms with Gasteiger partial charge in [0.1, 0.15) is 5.60 Å². The molecular formula is C24H23N3O3S. The maximum Gasteiger partial charge on any atom is 0.413 e. The molecule has 0 fully saturated rings. The van der Waals surface area contributed by atoms with Gasteiger partial charge in [-0.15, -0.1) is 0 Å². The third-order valence-corrected chi connectivity index (χ3v) is 5.57. The Bertz CT molecular complexity index is 1300. The molecule has 0 aliphatic rings. The van der Waals surface area contributed by atoms with Gasteiger partial charge in [0, 0.05) is 10.9 Å². The molecule has 0 unspecified atom stereocenters. The SMILES string of the molecule is Cc1ccc2ccccc2c1NC(=O)c1ccc2nc(NC(=O)OC(C)(C)C)sc2c1. The summed E-state index contributed by atoms with van der Waals surface area (Å²) in [7, 11) is 0. The number of anilines is 2. The van der Waals surface area contributed by atoms with Crippen LogP contribution in [0.15, 0.2) is 54.6 Å². The molecule has 4 aromatic rings. The van der Waals surface area contributed by atoms with E-state index in [1.807, 2.05) is 43.3 Å². The number of ether oxygens (including phenoxy) is 1. The van der Waals surface area contributed by atoms with E-state index in [0.717, 1.165) is 26.7 Å². The highest BCUT2D eigenvalue weighted by atomic mass is 32.1. The molecule has 158 valence electrons. The Morgan fingerprint density at radius 1 is 1.00 bits per heavy atom. The normalized spacial score (nSPS) is 11.5. The number of carbonyl (C=O) groups excluding carboxylic acids is 2. The van der Waals surface area contributed by atoms with Crippen LogP contribution in [0.25, 0.3) is 21.0 Å². The largest absolute Gasteiger partial charge is 0.444 e. The summed E-state index contributed by atoms with van der Waals surface area (Å²) in [6, 6.07) is 17.3. The molecule has 1 heterocycles. The van der Waals surface area contributed by atoms with Crippen molar-refractivity contribution in [3.63, 3.8) is 0 Å². The van der Waals surface area contributed by atoms with Crippen molar-refractivity contribution in [2.45, 2.75) is 33.3 Å². The predicted octanol–water partition coefficient (Wildman–Crippen LogP) is 6.36. The van der Waals surface area contributed by atoms with Crippen LogP contribution in [-0.4, -0.2) is 22.6 Å². The lowest BCUT2D eigenvalue weighted by Crippen LogP contribution is -2.27. The second kappa shape index (κ2) is 8.00. The minimum absolute atomic E-state index is 0.198. The summed E-state index contributed by atoms with van der Waals surface area (Å²) in [5.74, 6) is -0.198. The van der Waals surface area contributed by atoms with Crippen molar-refractivity contribution in [2.24, 2.45) is 0 Å². The number of carbonyl (C=O) groups is 2. The maximum atomic E-state index is 13.0. The molecule has 0 saturated carbocycles. The summed E-state index contributed by atoms with van der Waals surface area (Å²) in [4.78, 5) is 29.4. The summed E-state index contributed by atoms with van der Waals surface area (Å²) in [5, 5.41) is 8.19. The van der Waals surface area contributed by atoms with Gasteiger partial charge in [0.2, 0.25) is 0 Å². The Balaban J connectivity index is 1.57. The average Bonchev–Trinajstić information content (AvgIpc) is 3.09. The third kappa shape index (κ3) is 4.67. The van der Waals surface area contributed by atoms with E-state index >= 15 is 0 Å². The van der Waals surface area contributed by atoms with Crippen LogP contribution in [0.5, 0.6) is 0 Å². The van der Waals surface area contributed by atoms with Gasteiger partial charge in [-0.1, -0.05) is 47.7 Å². The number of benzene rings is 3. The molecule has 0 aliphatic heterocycles. The highest BCUT2D eigenvalue weighted by molar-refractivity contribution is 7.22.